The smallest absolute Gasteiger partial charge is 0.145 e. The molecule has 0 saturated heterocycles. The Morgan fingerprint density at radius 3 is 1.17 bits per heavy atom. The van der Waals surface area contributed by atoms with E-state index in [1.165, 1.54) is 54.6 Å². The van der Waals surface area contributed by atoms with Gasteiger partial charge in [-0.2, -0.15) is 0 Å². The maximum absolute atomic E-state index is 7.40. The van der Waals surface area contributed by atoms with E-state index in [9.17, 15) is 0 Å². The van der Waals surface area contributed by atoms with Gasteiger partial charge in [0, 0.05) is 32.9 Å². The van der Waals surface area contributed by atoms with Gasteiger partial charge in [-0.25, -0.2) is 0 Å². The Hall–Kier alpha value is -7.88. The molecule has 0 aliphatic rings. The normalized spacial score (nSPS) is 12.1. The van der Waals surface area contributed by atoms with E-state index in [-0.39, 0.29) is 0 Å². The van der Waals surface area contributed by atoms with Crippen LogP contribution < -0.4 is 0 Å². The van der Waals surface area contributed by atoms with E-state index < -0.39 is 0 Å². The lowest BCUT2D eigenvalue weighted by molar-refractivity contribution is 0.677. The second kappa shape index (κ2) is 12.3. The Balaban J connectivity index is 1.15. The summed E-state index contributed by atoms with van der Waals surface area (Å²) in [6.45, 7) is 0. The Kier molecular flexibility index (Phi) is 6.72. The molecular formula is C56H34N2O. The van der Waals surface area contributed by atoms with Crippen LogP contribution in [0, 0.1) is 0 Å². The van der Waals surface area contributed by atoms with Crippen molar-refractivity contribution in [3.8, 4) is 33.6 Å². The summed E-state index contributed by atoms with van der Waals surface area (Å²) in [5, 5.41) is 11.8. The molecule has 13 aromatic rings. The molecule has 0 unspecified atom stereocenters. The molecule has 0 radical (unpaired) electrons. The van der Waals surface area contributed by atoms with Crippen molar-refractivity contribution >= 4 is 87.1 Å². The first-order valence-electron chi connectivity index (χ1n) is 20.3. The van der Waals surface area contributed by atoms with E-state index in [1.54, 1.807) is 0 Å². The minimum absolute atomic E-state index is 0.908. The fraction of sp³-hybridized carbons (Fsp3) is 0. The first kappa shape index (κ1) is 32.2. The Bertz CT molecular complexity index is 3570. The molecule has 0 fully saturated rings. The summed E-state index contributed by atoms with van der Waals surface area (Å²) in [5.74, 6) is 0. The molecule has 0 bridgehead atoms. The van der Waals surface area contributed by atoms with Crippen LogP contribution in [-0.4, -0.2) is 9.13 Å². The number of hydrogen-bond acceptors (Lipinski definition) is 1. The largest absolute Gasteiger partial charge is 0.455 e. The SMILES string of the molecule is c1ccc(-n2c3ccc(-c4cccc5ccccc45)cc3c3c4oc5c(ccc6c5c5cc(-c7cccc8ccccc78)ccc5n6-c5ccccc5)c4ccc32)cc1. The summed E-state index contributed by atoms with van der Waals surface area (Å²) in [4.78, 5) is 0. The van der Waals surface area contributed by atoms with Gasteiger partial charge in [-0.1, -0.05) is 133 Å². The molecule has 3 aromatic heterocycles. The highest BCUT2D eigenvalue weighted by atomic mass is 16.3. The predicted molar refractivity (Wildman–Crippen MR) is 248 cm³/mol. The molecule has 3 heteroatoms. The number of rotatable bonds is 4. The molecule has 3 nitrogen and oxygen atoms in total. The topological polar surface area (TPSA) is 23.0 Å². The molecule has 0 N–H and O–H groups in total. The molecule has 0 aliphatic heterocycles. The molecular weight excluding hydrogens is 717 g/mol. The Labute approximate surface area is 339 Å². The van der Waals surface area contributed by atoms with Crippen LogP contribution in [0.1, 0.15) is 0 Å². The van der Waals surface area contributed by atoms with Gasteiger partial charge >= 0.3 is 0 Å². The van der Waals surface area contributed by atoms with E-state index in [2.05, 4.69) is 215 Å². The predicted octanol–water partition coefficient (Wildman–Crippen LogP) is 15.4. The molecule has 0 saturated carbocycles. The van der Waals surface area contributed by atoms with Crippen LogP contribution >= 0.6 is 0 Å². The molecule has 0 aliphatic carbocycles. The van der Waals surface area contributed by atoms with E-state index in [4.69, 9.17) is 4.42 Å². The van der Waals surface area contributed by atoms with Crippen molar-refractivity contribution in [2.75, 3.05) is 0 Å². The van der Waals surface area contributed by atoms with Gasteiger partial charge in [-0.15, -0.1) is 0 Å². The van der Waals surface area contributed by atoms with Gasteiger partial charge in [-0.05, 0) is 117 Å². The molecule has 0 amide bonds. The number of nitrogens with zero attached hydrogens (tertiary/aromatic N) is 2. The lowest BCUT2D eigenvalue weighted by Gasteiger charge is -2.09. The number of fused-ring (bicyclic) bond motifs is 13. The second-order valence-electron chi connectivity index (χ2n) is 15.6. The van der Waals surface area contributed by atoms with E-state index in [1.807, 2.05) is 0 Å². The summed E-state index contributed by atoms with van der Waals surface area (Å²) in [6.07, 6.45) is 0. The number of furan rings is 1. The average molecular weight is 751 g/mol. The van der Waals surface area contributed by atoms with Gasteiger partial charge in [0.15, 0.2) is 0 Å². The maximum Gasteiger partial charge on any atom is 0.145 e. The van der Waals surface area contributed by atoms with Crippen LogP contribution in [0.3, 0.4) is 0 Å². The summed E-state index contributed by atoms with van der Waals surface area (Å²) in [7, 11) is 0. The monoisotopic (exact) mass is 750 g/mol. The van der Waals surface area contributed by atoms with Crippen LogP contribution in [0.2, 0.25) is 0 Å². The minimum atomic E-state index is 0.908. The summed E-state index contributed by atoms with van der Waals surface area (Å²) in [5.41, 5.74) is 13.4. The van der Waals surface area contributed by atoms with Gasteiger partial charge in [0.25, 0.3) is 0 Å². The number of aromatic nitrogens is 2. The third-order valence-corrected chi connectivity index (χ3v) is 12.5. The third-order valence-electron chi connectivity index (χ3n) is 12.5. The van der Waals surface area contributed by atoms with Crippen molar-refractivity contribution in [3.05, 3.63) is 206 Å². The van der Waals surface area contributed by atoms with Crippen molar-refractivity contribution < 1.29 is 4.42 Å². The summed E-state index contributed by atoms with van der Waals surface area (Å²) in [6, 6.07) is 74.8. The maximum atomic E-state index is 7.40. The minimum Gasteiger partial charge on any atom is -0.455 e. The fourth-order valence-electron chi connectivity index (χ4n) is 9.90. The fourth-order valence-corrected chi connectivity index (χ4v) is 9.90. The highest BCUT2D eigenvalue weighted by molar-refractivity contribution is 6.29. The first-order valence-corrected chi connectivity index (χ1v) is 20.3. The standard InChI is InChI=1S/C56H34N2O/c1-3-17-39(18-4-1)57-49-29-25-37(43-23-11-15-35-13-7-9-21-41(35)43)33-47(49)53-51(57)31-27-45-46-28-32-52-54(56(46)59-55(45)53)48-34-38(44-24-12-16-36-14-8-10-22-42(36)44)26-30-50(48)58(52)40-19-5-2-6-20-40/h1-34H. The van der Waals surface area contributed by atoms with Crippen LogP contribution in [0.5, 0.6) is 0 Å². The molecule has 274 valence electrons. The van der Waals surface area contributed by atoms with Crippen molar-refractivity contribution in [3.63, 3.8) is 0 Å². The Morgan fingerprint density at radius 2 is 0.695 bits per heavy atom. The zero-order valence-corrected chi connectivity index (χ0v) is 31.9. The zero-order chi connectivity index (χ0) is 38.6. The van der Waals surface area contributed by atoms with Gasteiger partial charge in [0.1, 0.15) is 11.2 Å². The van der Waals surface area contributed by atoms with Gasteiger partial charge in [-0.3, -0.25) is 0 Å². The summed E-state index contributed by atoms with van der Waals surface area (Å²) >= 11 is 0. The molecule has 13 rings (SSSR count). The lowest BCUT2D eigenvalue weighted by atomic mass is 9.96. The van der Waals surface area contributed by atoms with E-state index in [0.717, 1.165) is 66.2 Å². The van der Waals surface area contributed by atoms with Crippen molar-refractivity contribution in [1.29, 1.82) is 0 Å². The highest BCUT2D eigenvalue weighted by Crippen LogP contribution is 2.46. The number of benzene rings is 10. The van der Waals surface area contributed by atoms with Gasteiger partial charge < -0.3 is 13.6 Å². The molecule has 59 heavy (non-hydrogen) atoms. The van der Waals surface area contributed by atoms with Crippen LogP contribution in [0.25, 0.3) is 121 Å². The van der Waals surface area contributed by atoms with Crippen LogP contribution in [-0.2, 0) is 0 Å². The van der Waals surface area contributed by atoms with E-state index >= 15 is 0 Å². The van der Waals surface area contributed by atoms with Crippen molar-refractivity contribution in [1.82, 2.24) is 9.13 Å². The van der Waals surface area contributed by atoms with E-state index in [0.29, 0.717) is 0 Å². The zero-order valence-electron chi connectivity index (χ0n) is 31.9. The van der Waals surface area contributed by atoms with Crippen molar-refractivity contribution in [2.24, 2.45) is 0 Å². The Morgan fingerprint density at radius 1 is 0.288 bits per heavy atom. The lowest BCUT2D eigenvalue weighted by Crippen LogP contribution is -1.93. The quantitative estimate of drug-likeness (QED) is 0.176. The molecule has 0 spiro atoms. The highest BCUT2D eigenvalue weighted by Gasteiger charge is 2.23. The van der Waals surface area contributed by atoms with Crippen LogP contribution in [0.15, 0.2) is 211 Å². The summed E-state index contributed by atoms with van der Waals surface area (Å²) < 4.78 is 12.2. The van der Waals surface area contributed by atoms with Crippen molar-refractivity contribution in [2.45, 2.75) is 0 Å². The van der Waals surface area contributed by atoms with Gasteiger partial charge in [0.2, 0.25) is 0 Å². The molecule has 10 aromatic carbocycles. The first-order chi connectivity index (χ1) is 29.3. The number of para-hydroxylation sites is 2. The number of hydrogen-bond donors (Lipinski definition) is 0. The molecule has 0 atom stereocenters. The third kappa shape index (κ3) is 4.64. The van der Waals surface area contributed by atoms with Crippen LogP contribution in [0.4, 0.5) is 0 Å². The average Bonchev–Trinajstić information content (AvgIpc) is 3.96. The second-order valence-corrected chi connectivity index (χ2v) is 15.6. The van der Waals surface area contributed by atoms with Gasteiger partial charge in [0.05, 0.1) is 32.8 Å². The molecule has 3 heterocycles.